The maximum atomic E-state index is 12.8. The van der Waals surface area contributed by atoms with Crippen molar-refractivity contribution in [2.24, 2.45) is 5.92 Å². The second kappa shape index (κ2) is 13.7. The van der Waals surface area contributed by atoms with Crippen molar-refractivity contribution in [3.05, 3.63) is 59.7 Å². The molecule has 0 heterocycles. The van der Waals surface area contributed by atoms with Crippen molar-refractivity contribution in [3.8, 4) is 5.75 Å². The van der Waals surface area contributed by atoms with Gasteiger partial charge in [-0.3, -0.25) is 0 Å². The summed E-state index contributed by atoms with van der Waals surface area (Å²) in [5.74, 6) is -0.103. The Morgan fingerprint density at radius 2 is 1.67 bits per heavy atom. The monoisotopic (exact) mass is 510 g/mol. The Morgan fingerprint density at radius 1 is 1.03 bits per heavy atom. The molecule has 0 fully saturated rings. The van der Waals surface area contributed by atoms with Gasteiger partial charge in [-0.1, -0.05) is 26.0 Å². The summed E-state index contributed by atoms with van der Waals surface area (Å²) in [5.41, 5.74) is 0.274. The number of alkyl halides is 3. The number of anilines is 1. The minimum atomic E-state index is -4.44. The Morgan fingerprint density at radius 3 is 2.19 bits per heavy atom. The highest BCUT2D eigenvalue weighted by Crippen LogP contribution is 2.29. The zero-order chi connectivity index (χ0) is 26.7. The number of ether oxygens (including phenoxy) is 2. The van der Waals surface area contributed by atoms with Crippen LogP contribution in [0.15, 0.2) is 48.5 Å². The molecular weight excluding hydrogens is 477 g/mol. The summed E-state index contributed by atoms with van der Waals surface area (Å²) in [6.07, 6.45) is -4.38. The summed E-state index contributed by atoms with van der Waals surface area (Å²) in [6.45, 7) is 7.04. The third-order valence-corrected chi connectivity index (χ3v) is 5.34. The molecular formula is C26H33F3N2O5. The van der Waals surface area contributed by atoms with Gasteiger partial charge in [0, 0.05) is 25.3 Å². The molecule has 1 atom stereocenters. The van der Waals surface area contributed by atoms with Crippen LogP contribution in [-0.4, -0.2) is 54.4 Å². The Balaban J connectivity index is 1.94. The van der Waals surface area contributed by atoms with Crippen LogP contribution in [0.25, 0.3) is 0 Å². The second-order valence-electron chi connectivity index (χ2n) is 8.65. The average molecular weight is 511 g/mol. The van der Waals surface area contributed by atoms with Crippen LogP contribution in [0.5, 0.6) is 5.75 Å². The SMILES string of the molecule is CCOC(Cc1ccc(OCCN(CCC(C)C)C(=O)Nc2ccc(C(F)(F)F)cc2)cc1)C(=O)O. The van der Waals surface area contributed by atoms with Gasteiger partial charge in [0.2, 0.25) is 0 Å². The van der Waals surface area contributed by atoms with E-state index < -0.39 is 29.8 Å². The molecule has 0 radical (unpaired) electrons. The third-order valence-electron chi connectivity index (χ3n) is 5.34. The summed E-state index contributed by atoms with van der Waals surface area (Å²) in [5, 5.41) is 11.9. The molecule has 0 aliphatic heterocycles. The minimum Gasteiger partial charge on any atom is -0.492 e. The van der Waals surface area contributed by atoms with Crippen molar-refractivity contribution in [2.75, 3.05) is 31.6 Å². The lowest BCUT2D eigenvalue weighted by Gasteiger charge is -2.24. The van der Waals surface area contributed by atoms with E-state index in [1.807, 2.05) is 13.8 Å². The fraction of sp³-hybridized carbons (Fsp3) is 0.462. The van der Waals surface area contributed by atoms with Crippen molar-refractivity contribution in [1.29, 1.82) is 0 Å². The minimum absolute atomic E-state index is 0.203. The molecule has 7 nitrogen and oxygen atoms in total. The van der Waals surface area contributed by atoms with Crippen LogP contribution in [0.4, 0.5) is 23.7 Å². The Labute approximate surface area is 209 Å². The smallest absolute Gasteiger partial charge is 0.416 e. The summed E-state index contributed by atoms with van der Waals surface area (Å²) < 4.78 is 49.3. The Hall–Kier alpha value is -3.27. The predicted octanol–water partition coefficient (Wildman–Crippen LogP) is 5.70. The van der Waals surface area contributed by atoms with E-state index in [0.717, 1.165) is 24.1 Å². The molecule has 2 rings (SSSR count). The van der Waals surface area contributed by atoms with Gasteiger partial charge in [0.15, 0.2) is 6.10 Å². The molecule has 2 amide bonds. The van der Waals surface area contributed by atoms with Crippen LogP contribution in [0.2, 0.25) is 0 Å². The molecule has 0 aliphatic rings. The van der Waals surface area contributed by atoms with E-state index in [2.05, 4.69) is 5.32 Å². The number of carbonyl (C=O) groups excluding carboxylic acids is 1. The van der Waals surface area contributed by atoms with Crippen molar-refractivity contribution < 1.29 is 37.3 Å². The maximum Gasteiger partial charge on any atom is 0.416 e. The number of urea groups is 1. The van der Waals surface area contributed by atoms with Gasteiger partial charge in [-0.25, -0.2) is 9.59 Å². The number of halogens is 3. The number of aliphatic carboxylic acids is 1. The normalized spacial score (nSPS) is 12.3. The van der Waals surface area contributed by atoms with Gasteiger partial charge in [-0.05, 0) is 61.2 Å². The van der Waals surface area contributed by atoms with E-state index in [1.54, 1.807) is 36.1 Å². The topological polar surface area (TPSA) is 88.1 Å². The van der Waals surface area contributed by atoms with Crippen molar-refractivity contribution in [3.63, 3.8) is 0 Å². The highest BCUT2D eigenvalue weighted by atomic mass is 19.4. The van der Waals surface area contributed by atoms with E-state index in [-0.39, 0.29) is 25.3 Å². The molecule has 0 aromatic heterocycles. The Kier molecular flexibility index (Phi) is 11.0. The average Bonchev–Trinajstić information content (AvgIpc) is 2.81. The molecule has 0 aliphatic carbocycles. The van der Waals surface area contributed by atoms with Crippen molar-refractivity contribution in [1.82, 2.24) is 4.90 Å². The predicted molar refractivity (Wildman–Crippen MR) is 130 cm³/mol. The molecule has 2 aromatic rings. The van der Waals surface area contributed by atoms with Gasteiger partial charge in [0.1, 0.15) is 12.4 Å². The molecule has 0 saturated heterocycles. The molecule has 0 saturated carbocycles. The highest BCUT2D eigenvalue weighted by molar-refractivity contribution is 5.89. The first kappa shape index (κ1) is 29.0. The number of nitrogens with one attached hydrogen (secondary N) is 1. The lowest BCUT2D eigenvalue weighted by Crippen LogP contribution is -2.39. The largest absolute Gasteiger partial charge is 0.492 e. The molecule has 198 valence electrons. The quantitative estimate of drug-likeness (QED) is 0.361. The van der Waals surface area contributed by atoms with E-state index in [0.29, 0.717) is 24.8 Å². The zero-order valence-corrected chi connectivity index (χ0v) is 20.7. The van der Waals surface area contributed by atoms with Gasteiger partial charge in [0.25, 0.3) is 0 Å². The lowest BCUT2D eigenvalue weighted by atomic mass is 10.1. The van der Waals surface area contributed by atoms with Gasteiger partial charge < -0.3 is 24.8 Å². The first-order valence-corrected chi connectivity index (χ1v) is 11.8. The zero-order valence-electron chi connectivity index (χ0n) is 20.7. The lowest BCUT2D eigenvalue weighted by molar-refractivity contribution is -0.150. The molecule has 0 spiro atoms. The summed E-state index contributed by atoms with van der Waals surface area (Å²) in [4.78, 5) is 25.6. The standard InChI is InChI=1S/C26H33F3N2O5/c1-4-35-23(24(32)33)17-19-5-11-22(12-6-19)36-16-15-31(14-13-18(2)3)25(34)30-21-9-7-20(8-10-21)26(27,28)29/h5-12,18,23H,4,13-17H2,1-3H3,(H,30,34)(H,32,33). The first-order chi connectivity index (χ1) is 17.0. The van der Waals surface area contributed by atoms with Gasteiger partial charge >= 0.3 is 18.2 Å². The van der Waals surface area contributed by atoms with Gasteiger partial charge in [-0.2, -0.15) is 13.2 Å². The number of hydrogen-bond acceptors (Lipinski definition) is 4. The van der Waals surface area contributed by atoms with Crippen molar-refractivity contribution in [2.45, 2.75) is 45.9 Å². The number of carbonyl (C=O) groups is 2. The van der Waals surface area contributed by atoms with Crippen LogP contribution in [0.1, 0.15) is 38.3 Å². The fourth-order valence-corrected chi connectivity index (χ4v) is 3.30. The number of benzene rings is 2. The summed E-state index contributed by atoms with van der Waals surface area (Å²) >= 11 is 0. The van der Waals surface area contributed by atoms with Gasteiger partial charge in [-0.15, -0.1) is 0 Å². The Bertz CT molecular complexity index is 963. The molecule has 2 aromatic carbocycles. The highest BCUT2D eigenvalue weighted by Gasteiger charge is 2.30. The number of carboxylic acids is 1. The second-order valence-corrected chi connectivity index (χ2v) is 8.65. The fourth-order valence-electron chi connectivity index (χ4n) is 3.30. The number of rotatable bonds is 13. The van der Waals surface area contributed by atoms with Crippen LogP contribution in [0.3, 0.4) is 0 Å². The summed E-state index contributed by atoms with van der Waals surface area (Å²) in [7, 11) is 0. The maximum absolute atomic E-state index is 12.8. The molecule has 36 heavy (non-hydrogen) atoms. The van der Waals surface area contributed by atoms with Crippen LogP contribution >= 0.6 is 0 Å². The number of amides is 2. The molecule has 1 unspecified atom stereocenters. The van der Waals surface area contributed by atoms with E-state index in [4.69, 9.17) is 9.47 Å². The van der Waals surface area contributed by atoms with E-state index in [9.17, 15) is 27.9 Å². The third kappa shape index (κ3) is 9.77. The van der Waals surface area contributed by atoms with Crippen LogP contribution in [0, 0.1) is 5.92 Å². The number of nitrogens with zero attached hydrogens (tertiary/aromatic N) is 1. The first-order valence-electron chi connectivity index (χ1n) is 11.8. The number of hydrogen-bond donors (Lipinski definition) is 2. The molecule has 10 heteroatoms. The van der Waals surface area contributed by atoms with Crippen LogP contribution < -0.4 is 10.1 Å². The number of carboxylic acid groups (broad SMARTS) is 1. The van der Waals surface area contributed by atoms with Gasteiger partial charge in [0.05, 0.1) is 12.1 Å². The van der Waals surface area contributed by atoms with Crippen molar-refractivity contribution >= 4 is 17.7 Å². The molecule has 0 bridgehead atoms. The summed E-state index contributed by atoms with van der Waals surface area (Å²) in [6, 6.07) is 10.8. The van der Waals surface area contributed by atoms with E-state index in [1.165, 1.54) is 12.1 Å². The molecule has 2 N–H and O–H groups in total. The van der Waals surface area contributed by atoms with Crippen LogP contribution in [-0.2, 0) is 22.1 Å². The van der Waals surface area contributed by atoms with E-state index >= 15 is 0 Å².